The Balaban J connectivity index is 0.000000423. The van der Waals surface area contributed by atoms with E-state index in [2.05, 4.69) is 9.46 Å². The molecule has 0 aromatic heterocycles. The van der Waals surface area contributed by atoms with Crippen LogP contribution in [0.15, 0.2) is 24.3 Å². The molecule has 0 saturated carbocycles. The Morgan fingerprint density at radius 3 is 2.33 bits per heavy atom. The van der Waals surface area contributed by atoms with Gasteiger partial charge in [-0.05, 0) is 18.6 Å². The van der Waals surface area contributed by atoms with Crippen molar-refractivity contribution < 1.29 is 13.7 Å². The normalized spacial score (nSPS) is 10.6. The molecule has 0 aliphatic heterocycles. The number of benzene rings is 1. The first-order valence-corrected chi connectivity index (χ1v) is 5.79. The average Bonchev–Trinajstić information content (AvgIpc) is 2.21. The standard InChI is InChI=1S/C8H11NOS.C2H4O2/c1-7-5-3-4-6-8(7)9-11(2)10;1-4-2-3/h3-6,9H,1-2H3;2H,1H3. The second-order valence-electron chi connectivity index (χ2n) is 2.70. The minimum atomic E-state index is -0.977. The highest BCUT2D eigenvalue weighted by molar-refractivity contribution is 7.85. The number of aryl methyl sites for hydroxylation is 1. The number of carbonyl (C=O) groups excluding carboxylic acids is 1. The van der Waals surface area contributed by atoms with Gasteiger partial charge >= 0.3 is 0 Å². The molecule has 1 aromatic carbocycles. The maximum atomic E-state index is 10.8. The van der Waals surface area contributed by atoms with E-state index >= 15 is 0 Å². The Kier molecular flexibility index (Phi) is 7.27. The van der Waals surface area contributed by atoms with E-state index in [1.54, 1.807) is 6.26 Å². The summed E-state index contributed by atoms with van der Waals surface area (Å²) < 4.78 is 17.5. The highest BCUT2D eigenvalue weighted by Gasteiger charge is 1.95. The van der Waals surface area contributed by atoms with Crippen LogP contribution in [-0.2, 0) is 20.5 Å². The molecule has 0 aliphatic carbocycles. The van der Waals surface area contributed by atoms with E-state index < -0.39 is 11.0 Å². The van der Waals surface area contributed by atoms with Crippen LogP contribution in [0.5, 0.6) is 0 Å². The number of hydrogen-bond donors (Lipinski definition) is 1. The Hall–Kier alpha value is -1.36. The molecule has 1 unspecified atom stereocenters. The molecule has 1 aromatic rings. The van der Waals surface area contributed by atoms with E-state index in [4.69, 9.17) is 4.79 Å². The van der Waals surface area contributed by atoms with Gasteiger partial charge in [0.1, 0.15) is 11.0 Å². The predicted octanol–water partition coefficient (Wildman–Crippen LogP) is 1.49. The van der Waals surface area contributed by atoms with Gasteiger partial charge in [0.2, 0.25) is 0 Å². The summed E-state index contributed by atoms with van der Waals surface area (Å²) in [6.07, 6.45) is 1.62. The lowest BCUT2D eigenvalue weighted by Crippen LogP contribution is -2.02. The number of hydrogen-bond acceptors (Lipinski definition) is 3. The van der Waals surface area contributed by atoms with Crippen LogP contribution in [0.1, 0.15) is 5.56 Å². The smallest absolute Gasteiger partial charge is 0.292 e. The Morgan fingerprint density at radius 2 is 1.93 bits per heavy atom. The van der Waals surface area contributed by atoms with E-state index in [-0.39, 0.29) is 0 Å². The largest absolute Gasteiger partial charge is 0.471 e. The van der Waals surface area contributed by atoms with E-state index in [1.165, 1.54) is 7.11 Å². The summed E-state index contributed by atoms with van der Waals surface area (Å²) in [6.45, 7) is 2.36. The third-order valence-corrected chi connectivity index (χ3v) is 2.00. The molecule has 0 radical (unpaired) electrons. The molecular formula is C10H15NO3S. The lowest BCUT2D eigenvalue weighted by molar-refractivity contribution is -0.126. The minimum absolute atomic E-state index is 0.375. The van der Waals surface area contributed by atoms with Gasteiger partial charge < -0.3 is 9.46 Å². The zero-order chi connectivity index (χ0) is 11.7. The maximum absolute atomic E-state index is 10.8. The predicted molar refractivity (Wildman–Crippen MR) is 61.9 cm³/mol. The van der Waals surface area contributed by atoms with Crippen LogP contribution >= 0.6 is 0 Å². The van der Waals surface area contributed by atoms with Crippen molar-refractivity contribution >= 4 is 23.1 Å². The molecular weight excluding hydrogens is 214 g/mol. The van der Waals surface area contributed by atoms with Gasteiger partial charge in [-0.2, -0.15) is 0 Å². The summed E-state index contributed by atoms with van der Waals surface area (Å²) >= 11 is 0. The first kappa shape index (κ1) is 13.6. The fraction of sp³-hybridized carbons (Fsp3) is 0.300. The number of rotatable bonds is 3. The van der Waals surface area contributed by atoms with E-state index in [1.807, 2.05) is 31.2 Å². The summed E-state index contributed by atoms with van der Waals surface area (Å²) in [5, 5.41) is 0. The summed E-state index contributed by atoms with van der Waals surface area (Å²) in [4.78, 5) is 8.95. The number of nitrogens with one attached hydrogen (secondary N) is 1. The molecule has 1 atom stereocenters. The van der Waals surface area contributed by atoms with Crippen molar-refractivity contribution in [2.24, 2.45) is 0 Å². The quantitative estimate of drug-likeness (QED) is 0.799. The third kappa shape index (κ3) is 6.68. The number of anilines is 1. The molecule has 84 valence electrons. The lowest BCUT2D eigenvalue weighted by atomic mass is 10.2. The Bertz CT molecular complexity index is 328. The van der Waals surface area contributed by atoms with Crippen molar-refractivity contribution in [1.82, 2.24) is 0 Å². The van der Waals surface area contributed by atoms with Gasteiger partial charge in [0.15, 0.2) is 0 Å². The third-order valence-electron chi connectivity index (χ3n) is 1.49. The molecule has 5 heteroatoms. The van der Waals surface area contributed by atoms with Crippen LogP contribution in [0.25, 0.3) is 0 Å². The maximum Gasteiger partial charge on any atom is 0.292 e. The van der Waals surface area contributed by atoms with Gasteiger partial charge in [-0.1, -0.05) is 18.2 Å². The molecule has 15 heavy (non-hydrogen) atoms. The van der Waals surface area contributed by atoms with Crippen molar-refractivity contribution in [2.75, 3.05) is 18.1 Å². The molecule has 0 amide bonds. The number of carbonyl (C=O) groups is 1. The van der Waals surface area contributed by atoms with Crippen molar-refractivity contribution in [2.45, 2.75) is 6.92 Å². The topological polar surface area (TPSA) is 55.4 Å². The highest BCUT2D eigenvalue weighted by Crippen LogP contribution is 2.12. The molecule has 4 nitrogen and oxygen atoms in total. The fourth-order valence-electron chi connectivity index (χ4n) is 0.842. The Labute approximate surface area is 92.2 Å². The zero-order valence-electron chi connectivity index (χ0n) is 9.02. The van der Waals surface area contributed by atoms with E-state index in [9.17, 15) is 4.21 Å². The molecule has 0 fully saturated rings. The molecule has 1 N–H and O–H groups in total. The first-order valence-electron chi connectivity index (χ1n) is 4.24. The highest BCUT2D eigenvalue weighted by atomic mass is 32.2. The number of ether oxygens (including phenoxy) is 1. The van der Waals surface area contributed by atoms with Gasteiger partial charge in [-0.3, -0.25) is 4.79 Å². The molecule has 0 saturated heterocycles. The molecule has 0 heterocycles. The van der Waals surface area contributed by atoms with Gasteiger partial charge in [0.05, 0.1) is 7.11 Å². The van der Waals surface area contributed by atoms with E-state index in [0.717, 1.165) is 11.3 Å². The average molecular weight is 229 g/mol. The van der Waals surface area contributed by atoms with Crippen molar-refractivity contribution in [3.63, 3.8) is 0 Å². The summed E-state index contributed by atoms with van der Waals surface area (Å²) in [7, 11) is 0.336. The van der Waals surface area contributed by atoms with Crippen LogP contribution in [-0.4, -0.2) is 24.0 Å². The number of methoxy groups -OCH3 is 1. The Morgan fingerprint density at radius 1 is 1.40 bits per heavy atom. The summed E-state index contributed by atoms with van der Waals surface area (Å²) in [6, 6.07) is 7.77. The zero-order valence-corrected chi connectivity index (χ0v) is 9.84. The SMILES string of the molecule is COC=O.Cc1ccccc1NS(C)=O. The van der Waals surface area contributed by atoms with Gasteiger partial charge in [0, 0.05) is 11.9 Å². The second-order valence-corrected chi connectivity index (χ2v) is 3.82. The molecule has 1 rings (SSSR count). The van der Waals surface area contributed by atoms with Gasteiger partial charge in [-0.15, -0.1) is 0 Å². The fourth-order valence-corrected chi connectivity index (χ4v) is 1.38. The minimum Gasteiger partial charge on any atom is -0.471 e. The molecule has 0 spiro atoms. The summed E-state index contributed by atoms with van der Waals surface area (Å²) in [5.74, 6) is 0. The monoisotopic (exact) mass is 229 g/mol. The summed E-state index contributed by atoms with van der Waals surface area (Å²) in [5.41, 5.74) is 2.05. The van der Waals surface area contributed by atoms with Crippen molar-refractivity contribution in [3.05, 3.63) is 29.8 Å². The van der Waals surface area contributed by atoms with E-state index in [0.29, 0.717) is 6.47 Å². The van der Waals surface area contributed by atoms with Gasteiger partial charge in [-0.25, -0.2) is 4.21 Å². The molecule has 0 bridgehead atoms. The van der Waals surface area contributed by atoms with Gasteiger partial charge in [0.25, 0.3) is 6.47 Å². The van der Waals surface area contributed by atoms with Crippen LogP contribution in [0.4, 0.5) is 5.69 Å². The molecule has 0 aliphatic rings. The number of para-hydroxylation sites is 1. The van der Waals surface area contributed by atoms with Crippen LogP contribution in [0, 0.1) is 6.92 Å². The second kappa shape index (κ2) is 7.99. The van der Waals surface area contributed by atoms with Crippen molar-refractivity contribution in [1.29, 1.82) is 0 Å². The van der Waals surface area contributed by atoms with Crippen LogP contribution in [0.2, 0.25) is 0 Å². The van der Waals surface area contributed by atoms with Crippen LogP contribution < -0.4 is 4.72 Å². The lowest BCUT2D eigenvalue weighted by Gasteiger charge is -2.04. The first-order chi connectivity index (χ1) is 7.11. The van der Waals surface area contributed by atoms with Crippen molar-refractivity contribution in [3.8, 4) is 0 Å². The van der Waals surface area contributed by atoms with Crippen LogP contribution in [0.3, 0.4) is 0 Å².